The molecule has 1 aliphatic rings. The van der Waals surface area contributed by atoms with Gasteiger partial charge >= 0.3 is 5.69 Å². The van der Waals surface area contributed by atoms with Crippen molar-refractivity contribution in [3.05, 3.63) is 92.6 Å². The summed E-state index contributed by atoms with van der Waals surface area (Å²) in [5.41, 5.74) is 0.0508. The second-order valence-corrected chi connectivity index (χ2v) is 7.75. The molecule has 0 amide bonds. The topological polar surface area (TPSA) is 61.8 Å². The van der Waals surface area contributed by atoms with E-state index in [0.29, 0.717) is 11.3 Å². The van der Waals surface area contributed by atoms with E-state index in [1.54, 1.807) is 0 Å². The van der Waals surface area contributed by atoms with Crippen molar-refractivity contribution in [2.45, 2.75) is 25.9 Å². The molecule has 158 valence electrons. The number of nitrogens with zero attached hydrogens (tertiary/aromatic N) is 4. The molecular formula is C22H17F3N4O2. The maximum atomic E-state index is 13.6. The van der Waals surface area contributed by atoms with Crippen LogP contribution in [0.1, 0.15) is 18.4 Å². The van der Waals surface area contributed by atoms with Crippen LogP contribution in [0.15, 0.2) is 58.4 Å². The zero-order valence-electron chi connectivity index (χ0n) is 16.3. The first-order valence-electron chi connectivity index (χ1n) is 9.83. The summed E-state index contributed by atoms with van der Waals surface area (Å²) in [4.78, 5) is 30.7. The second kappa shape index (κ2) is 7.26. The van der Waals surface area contributed by atoms with Gasteiger partial charge in [0.15, 0.2) is 22.8 Å². The van der Waals surface area contributed by atoms with Crippen LogP contribution < -0.4 is 11.2 Å². The quantitative estimate of drug-likeness (QED) is 0.492. The molecule has 2 heterocycles. The third-order valence-corrected chi connectivity index (χ3v) is 5.46. The predicted octanol–water partition coefficient (Wildman–Crippen LogP) is 3.22. The fourth-order valence-corrected chi connectivity index (χ4v) is 3.68. The first-order valence-corrected chi connectivity index (χ1v) is 9.83. The van der Waals surface area contributed by atoms with Gasteiger partial charge in [-0.05, 0) is 60.7 Å². The third-order valence-electron chi connectivity index (χ3n) is 5.46. The lowest BCUT2D eigenvalue weighted by molar-refractivity contribution is 0.506. The summed E-state index contributed by atoms with van der Waals surface area (Å²) in [7, 11) is 0. The molecule has 9 heteroatoms. The van der Waals surface area contributed by atoms with Crippen LogP contribution in [0, 0.1) is 23.4 Å². The Balaban J connectivity index is 1.72. The van der Waals surface area contributed by atoms with Crippen molar-refractivity contribution in [1.82, 2.24) is 18.7 Å². The lowest BCUT2D eigenvalue weighted by Gasteiger charge is -2.12. The lowest BCUT2D eigenvalue weighted by atomic mass is 10.2. The molecule has 0 unspecified atom stereocenters. The number of aromatic nitrogens is 4. The maximum Gasteiger partial charge on any atom is 0.337 e. The standard InChI is InChI=1S/C22H17F3N4O2/c23-15-4-6-16(7-5-15)29-20-19(21(30)28(22(29)31)11-13-1-2-13)27(12-26-20)10-14-3-8-17(24)18(25)9-14/h3-9,12-13H,1-2,10-11H2. The molecule has 0 radical (unpaired) electrons. The fourth-order valence-electron chi connectivity index (χ4n) is 3.68. The summed E-state index contributed by atoms with van der Waals surface area (Å²) >= 11 is 0. The van der Waals surface area contributed by atoms with E-state index in [9.17, 15) is 22.8 Å². The van der Waals surface area contributed by atoms with Gasteiger partial charge in [-0.1, -0.05) is 6.07 Å². The van der Waals surface area contributed by atoms with Crippen molar-refractivity contribution in [2.75, 3.05) is 0 Å². The molecule has 5 rings (SSSR count). The molecule has 2 aromatic carbocycles. The minimum Gasteiger partial charge on any atom is -0.320 e. The van der Waals surface area contributed by atoms with Crippen molar-refractivity contribution < 1.29 is 13.2 Å². The summed E-state index contributed by atoms with van der Waals surface area (Å²) < 4.78 is 44.3. The van der Waals surface area contributed by atoms with Gasteiger partial charge in [0.1, 0.15) is 5.82 Å². The monoisotopic (exact) mass is 426 g/mol. The van der Waals surface area contributed by atoms with Gasteiger partial charge in [0.2, 0.25) is 0 Å². The summed E-state index contributed by atoms with van der Waals surface area (Å²) in [5.74, 6) is -2.15. The summed E-state index contributed by atoms with van der Waals surface area (Å²) in [6.07, 6.45) is 3.26. The highest BCUT2D eigenvalue weighted by Gasteiger charge is 2.26. The van der Waals surface area contributed by atoms with E-state index in [1.807, 2.05) is 0 Å². The Morgan fingerprint density at radius 1 is 0.968 bits per heavy atom. The minimum atomic E-state index is -0.990. The normalized spacial score (nSPS) is 13.8. The number of halogens is 3. The number of rotatable bonds is 5. The fraction of sp³-hybridized carbons (Fsp3) is 0.227. The Bertz CT molecular complexity index is 1420. The molecular weight excluding hydrogens is 409 g/mol. The van der Waals surface area contributed by atoms with E-state index in [4.69, 9.17) is 0 Å². The summed E-state index contributed by atoms with van der Waals surface area (Å²) in [6.45, 7) is 0.346. The SMILES string of the molecule is O=c1c2c(ncn2Cc2ccc(F)c(F)c2)n(-c2ccc(F)cc2)c(=O)n1CC1CC1. The first-order chi connectivity index (χ1) is 14.9. The summed E-state index contributed by atoms with van der Waals surface area (Å²) in [5, 5.41) is 0. The van der Waals surface area contributed by atoms with Crippen LogP contribution in [0.5, 0.6) is 0 Å². The lowest BCUT2D eigenvalue weighted by Crippen LogP contribution is -2.40. The average molecular weight is 426 g/mol. The van der Waals surface area contributed by atoms with E-state index in [0.717, 1.165) is 25.0 Å². The van der Waals surface area contributed by atoms with Gasteiger partial charge in [-0.3, -0.25) is 9.36 Å². The molecule has 0 bridgehead atoms. The van der Waals surface area contributed by atoms with Crippen LogP contribution in [-0.4, -0.2) is 18.7 Å². The Morgan fingerprint density at radius 3 is 2.39 bits per heavy atom. The molecule has 1 fully saturated rings. The van der Waals surface area contributed by atoms with E-state index >= 15 is 0 Å². The minimum absolute atomic E-state index is 0.0635. The second-order valence-electron chi connectivity index (χ2n) is 7.75. The zero-order valence-corrected chi connectivity index (χ0v) is 16.3. The highest BCUT2D eigenvalue weighted by Crippen LogP contribution is 2.30. The van der Waals surface area contributed by atoms with Crippen LogP contribution in [0.2, 0.25) is 0 Å². The molecule has 1 saturated carbocycles. The van der Waals surface area contributed by atoms with E-state index in [-0.39, 0.29) is 30.2 Å². The number of imidazole rings is 1. The maximum absolute atomic E-state index is 13.6. The number of benzene rings is 2. The van der Waals surface area contributed by atoms with Gasteiger partial charge in [0.05, 0.1) is 12.0 Å². The molecule has 4 aromatic rings. The smallest absolute Gasteiger partial charge is 0.320 e. The molecule has 1 aliphatic carbocycles. The number of hydrogen-bond acceptors (Lipinski definition) is 3. The van der Waals surface area contributed by atoms with Crippen molar-refractivity contribution in [1.29, 1.82) is 0 Å². The van der Waals surface area contributed by atoms with Gasteiger partial charge in [0.25, 0.3) is 5.56 Å². The third kappa shape index (κ3) is 3.45. The van der Waals surface area contributed by atoms with Crippen LogP contribution in [0.25, 0.3) is 16.9 Å². The average Bonchev–Trinajstić information content (AvgIpc) is 3.48. The Labute approximate surface area is 173 Å². The molecule has 0 aliphatic heterocycles. The Kier molecular flexibility index (Phi) is 4.53. The molecule has 31 heavy (non-hydrogen) atoms. The highest BCUT2D eigenvalue weighted by molar-refractivity contribution is 5.72. The molecule has 0 N–H and O–H groups in total. The van der Waals surface area contributed by atoms with E-state index in [1.165, 1.54) is 50.4 Å². The number of hydrogen-bond donors (Lipinski definition) is 0. The summed E-state index contributed by atoms with van der Waals surface area (Å²) in [6, 6.07) is 8.82. The zero-order chi connectivity index (χ0) is 21.7. The molecule has 0 atom stereocenters. The van der Waals surface area contributed by atoms with Gasteiger partial charge in [-0.25, -0.2) is 27.5 Å². The van der Waals surface area contributed by atoms with Crippen LogP contribution in [0.3, 0.4) is 0 Å². The number of fused-ring (bicyclic) bond motifs is 1. The van der Waals surface area contributed by atoms with Crippen molar-refractivity contribution in [2.24, 2.45) is 5.92 Å². The Hall–Kier alpha value is -3.62. The van der Waals surface area contributed by atoms with Crippen LogP contribution in [-0.2, 0) is 13.1 Å². The molecule has 2 aromatic heterocycles. The molecule has 0 saturated heterocycles. The van der Waals surface area contributed by atoms with Gasteiger partial charge in [-0.2, -0.15) is 0 Å². The van der Waals surface area contributed by atoms with Gasteiger partial charge in [-0.15, -0.1) is 0 Å². The van der Waals surface area contributed by atoms with Crippen molar-refractivity contribution in [3.8, 4) is 5.69 Å². The predicted molar refractivity (Wildman–Crippen MR) is 108 cm³/mol. The van der Waals surface area contributed by atoms with Crippen molar-refractivity contribution in [3.63, 3.8) is 0 Å². The largest absolute Gasteiger partial charge is 0.337 e. The van der Waals surface area contributed by atoms with E-state index in [2.05, 4.69) is 4.98 Å². The van der Waals surface area contributed by atoms with Crippen LogP contribution in [0.4, 0.5) is 13.2 Å². The van der Waals surface area contributed by atoms with Gasteiger partial charge in [0, 0.05) is 13.1 Å². The van der Waals surface area contributed by atoms with Crippen LogP contribution >= 0.6 is 0 Å². The highest BCUT2D eigenvalue weighted by atomic mass is 19.2. The Morgan fingerprint density at radius 2 is 1.71 bits per heavy atom. The van der Waals surface area contributed by atoms with E-state index < -0.39 is 28.7 Å². The molecule has 6 nitrogen and oxygen atoms in total. The molecule has 0 spiro atoms. The van der Waals surface area contributed by atoms with Gasteiger partial charge < -0.3 is 4.57 Å². The van der Waals surface area contributed by atoms with Crippen molar-refractivity contribution >= 4 is 11.2 Å². The first kappa shape index (κ1) is 19.3.